The van der Waals surface area contributed by atoms with Gasteiger partial charge in [0, 0.05) is 33.5 Å². The van der Waals surface area contributed by atoms with Crippen molar-refractivity contribution in [3.63, 3.8) is 0 Å². The molecule has 0 aromatic carbocycles. The number of aliphatic carboxylic acids is 1. The SMILES string of the molecule is CC1([C@@H]2CC[C@]3(C(=O)N4CCC[C@H]4CN4CC[N+](F)(F)CC4)CC[C@]4(C)[C@H](CC[C@@H]5[C@@]6(C)CC[C@H](OC(=O)[C@H]7C[C@@H](C(=O)O)C7(C)C)C(C)(C)[C@@H]6CC[C@]54C)[C@@H]23)CC1. The number of nitrogens with zero attached hydrogens (tertiary/aromatic N) is 3. The molecule has 0 radical (unpaired) electrons. The first kappa shape index (κ1) is 41.5. The van der Waals surface area contributed by atoms with E-state index in [-0.39, 0.29) is 64.2 Å². The van der Waals surface area contributed by atoms with Crippen molar-refractivity contribution in [3.8, 4) is 0 Å². The van der Waals surface area contributed by atoms with E-state index >= 15 is 4.79 Å². The number of likely N-dealkylation sites (tertiary alicyclic amines) is 1. The quantitative estimate of drug-likeness (QED) is 0.204. The molecule has 1 N–H and O–H groups in total. The number of carboxylic acid groups (broad SMARTS) is 1. The number of carbonyl (C=O) groups is 3. The lowest BCUT2D eigenvalue weighted by molar-refractivity contribution is -1.17. The molecule has 0 spiro atoms. The maximum atomic E-state index is 15.5. The van der Waals surface area contributed by atoms with Crippen LogP contribution in [0.2, 0.25) is 0 Å². The van der Waals surface area contributed by atoms with Gasteiger partial charge in [-0.05, 0) is 153 Å². The highest BCUT2D eigenvalue weighted by molar-refractivity contribution is 5.84. The number of piperazine rings is 1. The summed E-state index contributed by atoms with van der Waals surface area (Å²) >= 11 is 0. The summed E-state index contributed by atoms with van der Waals surface area (Å²) in [5, 5.41) is 9.70. The van der Waals surface area contributed by atoms with E-state index < -0.39 is 22.2 Å². The average Bonchev–Trinajstić information content (AvgIpc) is 3.52. The Hall–Kier alpha value is -1.81. The van der Waals surface area contributed by atoms with Gasteiger partial charge in [0.1, 0.15) is 6.10 Å². The number of halogens is 2. The van der Waals surface area contributed by atoms with Crippen LogP contribution >= 0.6 is 0 Å². The molecule has 0 aromatic rings. The predicted octanol–water partition coefficient (Wildman–Crippen LogP) is 9.42. The van der Waals surface area contributed by atoms with E-state index in [1.54, 1.807) is 0 Å². The fourth-order valence-electron chi connectivity index (χ4n) is 17.3. The van der Waals surface area contributed by atoms with Gasteiger partial charge < -0.3 is 14.7 Å². The highest BCUT2D eigenvalue weighted by atomic mass is 19.4. The van der Waals surface area contributed by atoms with Crippen molar-refractivity contribution < 1.29 is 38.1 Å². The van der Waals surface area contributed by atoms with Gasteiger partial charge in [-0.1, -0.05) is 55.4 Å². The number of rotatable bonds is 7. The lowest BCUT2D eigenvalue weighted by atomic mass is 9.32. The Labute approximate surface area is 347 Å². The highest BCUT2D eigenvalue weighted by Crippen LogP contribution is 2.79. The molecule has 0 unspecified atom stereocenters. The molecule has 0 bridgehead atoms. The van der Waals surface area contributed by atoms with Crippen molar-refractivity contribution in [2.45, 2.75) is 164 Å². The summed E-state index contributed by atoms with van der Waals surface area (Å²) in [4.78, 5) is 43.6. The summed E-state index contributed by atoms with van der Waals surface area (Å²) in [6.45, 7) is 21.0. The molecule has 7 aliphatic carbocycles. The first-order chi connectivity index (χ1) is 27.0. The minimum absolute atomic E-state index is 0.125. The maximum absolute atomic E-state index is 15.5. The summed E-state index contributed by atoms with van der Waals surface area (Å²) in [5.41, 5.74) is -0.328. The molecular weight excluding hydrogens is 737 g/mol. The van der Waals surface area contributed by atoms with Crippen molar-refractivity contribution in [2.75, 3.05) is 39.3 Å². The molecule has 9 fully saturated rings. The number of carbonyl (C=O) groups excluding carboxylic acids is 2. The number of quaternary nitrogens is 1. The second-order valence-electron chi connectivity index (χ2n) is 24.2. The topological polar surface area (TPSA) is 87.2 Å². The van der Waals surface area contributed by atoms with Crippen molar-refractivity contribution in [1.82, 2.24) is 9.80 Å². The Morgan fingerprint density at radius 2 is 1.41 bits per heavy atom. The molecule has 7 saturated carbocycles. The number of carboxylic acids is 1. The van der Waals surface area contributed by atoms with Crippen molar-refractivity contribution in [2.24, 2.45) is 79.3 Å². The number of fused-ring (bicyclic) bond motifs is 7. The molecule has 10 heteroatoms. The zero-order valence-electron chi connectivity index (χ0n) is 37.2. The van der Waals surface area contributed by atoms with Gasteiger partial charge in [-0.3, -0.25) is 19.3 Å². The monoisotopic (exact) mass is 813 g/mol. The normalized spacial score (nSPS) is 48.4. The zero-order chi connectivity index (χ0) is 41.6. The van der Waals surface area contributed by atoms with Crippen LogP contribution in [-0.4, -0.2) is 89.1 Å². The van der Waals surface area contributed by atoms with Crippen molar-refractivity contribution >= 4 is 17.8 Å². The van der Waals surface area contributed by atoms with E-state index in [0.717, 1.165) is 64.5 Å². The molecule has 8 nitrogen and oxygen atoms in total. The highest BCUT2D eigenvalue weighted by Gasteiger charge is 2.74. The number of hydrogen-bond donors (Lipinski definition) is 1. The number of amides is 1. The third-order valence-electron chi connectivity index (χ3n) is 21.4. The fourth-order valence-corrected chi connectivity index (χ4v) is 17.3. The van der Waals surface area contributed by atoms with E-state index in [9.17, 15) is 23.7 Å². The van der Waals surface area contributed by atoms with Crippen LogP contribution in [0.3, 0.4) is 0 Å². The van der Waals surface area contributed by atoms with Gasteiger partial charge in [0.05, 0.1) is 35.3 Å². The first-order valence-corrected chi connectivity index (χ1v) is 23.8. The van der Waals surface area contributed by atoms with Gasteiger partial charge in [0.25, 0.3) is 0 Å². The minimum Gasteiger partial charge on any atom is -0.481 e. The number of esters is 1. The number of hydrogen-bond acceptors (Lipinski definition) is 5. The second kappa shape index (κ2) is 13.3. The van der Waals surface area contributed by atoms with Gasteiger partial charge in [-0.2, -0.15) is 0 Å². The summed E-state index contributed by atoms with van der Waals surface area (Å²) in [5.74, 6) is 1.04. The molecule has 58 heavy (non-hydrogen) atoms. The van der Waals surface area contributed by atoms with Crippen molar-refractivity contribution in [3.05, 3.63) is 0 Å². The third-order valence-corrected chi connectivity index (χ3v) is 21.4. The number of ether oxygens (including phenoxy) is 1. The Balaban J connectivity index is 0.956. The molecule has 2 saturated heterocycles. The molecule has 326 valence electrons. The first-order valence-electron chi connectivity index (χ1n) is 23.8. The summed E-state index contributed by atoms with van der Waals surface area (Å²) < 4.78 is 34.5. The maximum Gasteiger partial charge on any atom is 0.309 e. The van der Waals surface area contributed by atoms with Crippen molar-refractivity contribution in [1.29, 1.82) is 0 Å². The Morgan fingerprint density at radius 1 is 0.707 bits per heavy atom. The van der Waals surface area contributed by atoms with Gasteiger partial charge >= 0.3 is 11.9 Å². The summed E-state index contributed by atoms with van der Waals surface area (Å²) in [6.07, 6.45) is 15.6. The Morgan fingerprint density at radius 3 is 2.07 bits per heavy atom. The van der Waals surface area contributed by atoms with E-state index in [2.05, 4.69) is 51.3 Å². The van der Waals surface area contributed by atoms with Crippen LogP contribution in [0.25, 0.3) is 0 Å². The van der Waals surface area contributed by atoms with Gasteiger partial charge in [-0.25, -0.2) is 0 Å². The molecule has 2 aliphatic heterocycles. The Kier molecular flexibility index (Phi) is 9.56. The van der Waals surface area contributed by atoms with Gasteiger partial charge in [-0.15, -0.1) is 0 Å². The molecule has 9 aliphatic rings. The van der Waals surface area contributed by atoms with Crippen LogP contribution < -0.4 is 0 Å². The van der Waals surface area contributed by atoms with E-state index in [1.807, 2.05) is 13.8 Å². The molecule has 13 atom stereocenters. The summed E-state index contributed by atoms with van der Waals surface area (Å²) in [7, 11) is 0. The second-order valence-corrected chi connectivity index (χ2v) is 24.2. The molecule has 0 aromatic heterocycles. The largest absolute Gasteiger partial charge is 0.481 e. The molecule has 9 rings (SSSR count). The zero-order valence-corrected chi connectivity index (χ0v) is 37.2. The van der Waals surface area contributed by atoms with Crippen LogP contribution in [0.4, 0.5) is 8.96 Å². The van der Waals surface area contributed by atoms with Crippen LogP contribution in [0.1, 0.15) is 152 Å². The minimum atomic E-state index is -1.89. The van der Waals surface area contributed by atoms with E-state index in [1.165, 1.54) is 38.5 Å². The van der Waals surface area contributed by atoms with Gasteiger partial charge in [0.15, 0.2) is 13.1 Å². The van der Waals surface area contributed by atoms with Gasteiger partial charge in [0.2, 0.25) is 5.91 Å². The standard InChI is InChI=1S/C48H75F2N3O5/c1-42(2)33(39(54)55)28-34(42)40(56)58-37-15-16-45(6)35(43(37,3)4)14-17-47(8)36(45)12-11-32-38-31(44(5)19-20-44)13-18-48(38,22-21-46(32,47)7)41(57)52-23-9-10-30(52)29-51-24-26-53(49,50)27-25-51/h30-38H,9-29H2,1-8H3/p+1/t30-,31+,32+,33-,34+,35-,36+,37-,38+,45-,46+,47+,48-/m0/s1. The third kappa shape index (κ3) is 5.83. The van der Waals surface area contributed by atoms with E-state index in [0.29, 0.717) is 60.4 Å². The van der Waals surface area contributed by atoms with Crippen LogP contribution in [0.15, 0.2) is 0 Å². The fraction of sp³-hybridized carbons (Fsp3) is 0.938. The predicted molar refractivity (Wildman–Crippen MR) is 218 cm³/mol. The molecule has 2 heterocycles. The van der Waals surface area contributed by atoms with Crippen LogP contribution in [-0.2, 0) is 19.1 Å². The van der Waals surface area contributed by atoms with Crippen LogP contribution in [0, 0.1) is 79.3 Å². The Bertz CT molecular complexity index is 1690. The summed E-state index contributed by atoms with van der Waals surface area (Å²) in [6, 6.07) is 0.133. The lowest BCUT2D eigenvalue weighted by Crippen LogP contribution is -2.68. The molecular formula is C48H76F2N3O5+. The lowest BCUT2D eigenvalue weighted by Gasteiger charge is -2.73. The van der Waals surface area contributed by atoms with E-state index in [4.69, 9.17) is 4.74 Å². The smallest absolute Gasteiger partial charge is 0.309 e. The molecule has 1 amide bonds. The average molecular weight is 813 g/mol. The van der Waals surface area contributed by atoms with Crippen LogP contribution in [0.5, 0.6) is 0 Å².